The van der Waals surface area contributed by atoms with Gasteiger partial charge in [-0.15, -0.1) is 0 Å². The van der Waals surface area contributed by atoms with Crippen molar-refractivity contribution in [1.82, 2.24) is 4.98 Å². The third-order valence-corrected chi connectivity index (χ3v) is 4.37. The number of hydrogen-bond acceptors (Lipinski definition) is 5. The molecule has 27 heavy (non-hydrogen) atoms. The molecule has 9 heteroatoms. The van der Waals surface area contributed by atoms with Crippen LogP contribution in [0.5, 0.6) is 0 Å². The van der Waals surface area contributed by atoms with Crippen LogP contribution in [0.1, 0.15) is 10.4 Å². The van der Waals surface area contributed by atoms with E-state index in [-0.39, 0.29) is 10.1 Å². The third kappa shape index (κ3) is 4.09. The fourth-order valence-electron chi connectivity index (χ4n) is 2.27. The van der Waals surface area contributed by atoms with Gasteiger partial charge in [0.05, 0.1) is 7.11 Å². The molecule has 6 nitrogen and oxygen atoms in total. The number of benzene rings is 2. The molecule has 2 N–H and O–H groups in total. The lowest BCUT2D eigenvalue weighted by atomic mass is 10.1. The summed E-state index contributed by atoms with van der Waals surface area (Å²) in [5.74, 6) is -2.92. The van der Waals surface area contributed by atoms with E-state index in [1.165, 1.54) is 13.2 Å². The van der Waals surface area contributed by atoms with Crippen molar-refractivity contribution >= 4 is 33.5 Å². The Morgan fingerprint density at radius 1 is 1.00 bits per heavy atom. The van der Waals surface area contributed by atoms with Gasteiger partial charge < -0.3 is 10.1 Å². The summed E-state index contributed by atoms with van der Waals surface area (Å²) in [5, 5.41) is 5.25. The first-order chi connectivity index (χ1) is 13.0. The normalized spacial score (nSPS) is 10.3. The van der Waals surface area contributed by atoms with Crippen LogP contribution in [0.2, 0.25) is 0 Å². The van der Waals surface area contributed by atoms with Gasteiger partial charge in [-0.05, 0) is 12.1 Å². The number of amides is 2. The number of nitrogens with zero attached hydrogens (tertiary/aromatic N) is 1. The minimum atomic E-state index is -0.980. The summed E-state index contributed by atoms with van der Waals surface area (Å²) in [6, 6.07) is 12.0. The third-order valence-electron chi connectivity index (χ3n) is 3.49. The van der Waals surface area contributed by atoms with E-state index in [1.54, 1.807) is 30.3 Å². The second kappa shape index (κ2) is 7.92. The predicted molar refractivity (Wildman–Crippen MR) is 97.9 cm³/mol. The molecule has 0 saturated heterocycles. The molecule has 0 bridgehead atoms. The van der Waals surface area contributed by atoms with E-state index in [2.05, 4.69) is 20.4 Å². The van der Waals surface area contributed by atoms with E-state index < -0.39 is 29.2 Å². The average Bonchev–Trinajstić information content (AvgIpc) is 3.04. The Hall–Kier alpha value is -3.33. The number of ether oxygens (including phenoxy) is 1. The first kappa shape index (κ1) is 18.5. The van der Waals surface area contributed by atoms with E-state index in [9.17, 15) is 18.4 Å². The smallest absolute Gasteiger partial charge is 0.413 e. The molecule has 0 spiro atoms. The number of thiazole rings is 1. The molecule has 0 fully saturated rings. The molecule has 2 aromatic carbocycles. The monoisotopic (exact) mass is 389 g/mol. The number of nitrogens with one attached hydrogen (secondary N) is 2. The molecule has 0 atom stereocenters. The van der Waals surface area contributed by atoms with Crippen molar-refractivity contribution < 1.29 is 23.1 Å². The molecule has 2 amide bonds. The Morgan fingerprint density at radius 2 is 1.67 bits per heavy atom. The van der Waals surface area contributed by atoms with Crippen LogP contribution in [0.15, 0.2) is 48.5 Å². The summed E-state index contributed by atoms with van der Waals surface area (Å²) < 4.78 is 32.2. The summed E-state index contributed by atoms with van der Waals surface area (Å²) in [5.41, 5.74) is 0.292. The highest BCUT2D eigenvalue weighted by molar-refractivity contribution is 7.20. The lowest BCUT2D eigenvalue weighted by molar-refractivity contribution is 0.101. The zero-order chi connectivity index (χ0) is 19.4. The van der Waals surface area contributed by atoms with Crippen LogP contribution in [0.4, 0.5) is 23.7 Å². The molecule has 1 aromatic heterocycles. The number of carbonyl (C=O) groups is 2. The van der Waals surface area contributed by atoms with E-state index >= 15 is 0 Å². The maximum atomic E-state index is 13.9. The highest BCUT2D eigenvalue weighted by Crippen LogP contribution is 2.36. The number of hydrogen-bond donors (Lipinski definition) is 2. The SMILES string of the molecule is COC(=O)Nc1nc(-c2ccccc2)c(NC(=O)c2c(F)cccc2F)s1. The average molecular weight is 389 g/mol. The van der Waals surface area contributed by atoms with E-state index in [4.69, 9.17) is 0 Å². The highest BCUT2D eigenvalue weighted by Gasteiger charge is 2.21. The van der Waals surface area contributed by atoms with Gasteiger partial charge in [-0.3, -0.25) is 10.1 Å². The van der Waals surface area contributed by atoms with Crippen molar-refractivity contribution in [2.45, 2.75) is 0 Å². The van der Waals surface area contributed by atoms with Gasteiger partial charge in [-0.2, -0.15) is 0 Å². The van der Waals surface area contributed by atoms with E-state index in [0.717, 1.165) is 23.5 Å². The van der Waals surface area contributed by atoms with Crippen molar-refractivity contribution in [1.29, 1.82) is 0 Å². The molecular weight excluding hydrogens is 376 g/mol. The summed E-state index contributed by atoms with van der Waals surface area (Å²) in [7, 11) is 1.20. The Kier molecular flexibility index (Phi) is 5.41. The maximum absolute atomic E-state index is 13.9. The zero-order valence-electron chi connectivity index (χ0n) is 14.0. The Labute approximate surface area is 156 Å². The van der Waals surface area contributed by atoms with Gasteiger partial charge in [0, 0.05) is 5.56 Å². The second-order valence-electron chi connectivity index (χ2n) is 5.23. The Balaban J connectivity index is 1.98. The van der Waals surface area contributed by atoms with Crippen LogP contribution in [0, 0.1) is 11.6 Å². The van der Waals surface area contributed by atoms with Crippen molar-refractivity contribution in [2.75, 3.05) is 17.7 Å². The number of anilines is 2. The quantitative estimate of drug-likeness (QED) is 0.688. The van der Waals surface area contributed by atoms with E-state index in [0.29, 0.717) is 11.3 Å². The van der Waals surface area contributed by atoms with Crippen molar-refractivity contribution in [3.8, 4) is 11.3 Å². The largest absolute Gasteiger partial charge is 0.453 e. The number of methoxy groups -OCH3 is 1. The standard InChI is InChI=1S/C18H13F2N3O3S/c1-26-18(25)23-17-21-14(10-6-3-2-4-7-10)16(27-17)22-15(24)13-11(19)8-5-9-12(13)20/h2-9H,1H3,(H,22,24)(H,21,23,25). The Bertz CT molecular complexity index is 973. The van der Waals surface area contributed by atoms with Gasteiger partial charge in [0.2, 0.25) is 0 Å². The molecular formula is C18H13F2N3O3S. The van der Waals surface area contributed by atoms with Crippen LogP contribution >= 0.6 is 11.3 Å². The molecule has 0 aliphatic heterocycles. The molecule has 3 aromatic rings. The molecule has 1 heterocycles. The molecule has 0 aliphatic carbocycles. The molecule has 138 valence electrons. The fraction of sp³-hybridized carbons (Fsp3) is 0.0556. The van der Waals surface area contributed by atoms with Crippen molar-refractivity contribution in [3.63, 3.8) is 0 Å². The van der Waals surface area contributed by atoms with Crippen LogP contribution in [0.25, 0.3) is 11.3 Å². The summed E-state index contributed by atoms with van der Waals surface area (Å²) in [6.45, 7) is 0. The van der Waals surface area contributed by atoms with Gasteiger partial charge in [0.15, 0.2) is 5.13 Å². The summed E-state index contributed by atoms with van der Waals surface area (Å²) >= 11 is 0.933. The van der Waals surface area contributed by atoms with Crippen molar-refractivity contribution in [2.24, 2.45) is 0 Å². The lowest BCUT2D eigenvalue weighted by Gasteiger charge is -2.07. The van der Waals surface area contributed by atoms with Crippen LogP contribution < -0.4 is 10.6 Å². The minimum Gasteiger partial charge on any atom is -0.453 e. The molecule has 0 saturated carbocycles. The van der Waals surface area contributed by atoms with Gasteiger partial charge in [0.25, 0.3) is 5.91 Å². The van der Waals surface area contributed by atoms with E-state index in [1.807, 2.05) is 0 Å². The Morgan fingerprint density at radius 3 is 2.30 bits per heavy atom. The van der Waals surface area contributed by atoms with Crippen LogP contribution in [-0.4, -0.2) is 24.1 Å². The van der Waals surface area contributed by atoms with Crippen LogP contribution in [-0.2, 0) is 4.74 Å². The lowest BCUT2D eigenvalue weighted by Crippen LogP contribution is -2.15. The first-order valence-corrected chi connectivity index (χ1v) is 8.48. The number of rotatable bonds is 4. The first-order valence-electron chi connectivity index (χ1n) is 7.66. The van der Waals surface area contributed by atoms with Gasteiger partial charge in [-0.1, -0.05) is 47.7 Å². The maximum Gasteiger partial charge on any atom is 0.413 e. The predicted octanol–water partition coefficient (Wildman–Crippen LogP) is 4.52. The van der Waals surface area contributed by atoms with Crippen LogP contribution in [0.3, 0.4) is 0 Å². The molecule has 3 rings (SSSR count). The summed E-state index contributed by atoms with van der Waals surface area (Å²) in [6.07, 6.45) is -0.735. The molecule has 0 radical (unpaired) electrons. The van der Waals surface area contributed by atoms with Gasteiger partial charge in [-0.25, -0.2) is 18.6 Å². The zero-order valence-corrected chi connectivity index (χ0v) is 14.8. The van der Waals surface area contributed by atoms with Crippen molar-refractivity contribution in [3.05, 3.63) is 65.7 Å². The fourth-order valence-corrected chi connectivity index (χ4v) is 3.14. The number of carbonyl (C=O) groups excluding carboxylic acids is 2. The molecule has 0 unspecified atom stereocenters. The molecule has 0 aliphatic rings. The second-order valence-corrected chi connectivity index (χ2v) is 6.23. The minimum absolute atomic E-state index is 0.157. The number of halogens is 2. The highest BCUT2D eigenvalue weighted by atomic mass is 32.1. The van der Waals surface area contributed by atoms with Gasteiger partial charge in [0.1, 0.15) is 27.9 Å². The summed E-state index contributed by atoms with van der Waals surface area (Å²) in [4.78, 5) is 28.1. The van der Waals surface area contributed by atoms with Gasteiger partial charge >= 0.3 is 6.09 Å². The topological polar surface area (TPSA) is 80.3 Å². The number of aromatic nitrogens is 1.